The summed E-state index contributed by atoms with van der Waals surface area (Å²) in [4.78, 5) is 28.7. The van der Waals surface area contributed by atoms with Gasteiger partial charge in [0.05, 0.1) is 6.42 Å². The molecular formula is C44H76N2O4. The summed E-state index contributed by atoms with van der Waals surface area (Å²) in [5, 5.41) is 10.8. The lowest BCUT2D eigenvalue weighted by Crippen LogP contribution is -2.50. The number of carbonyl (C=O) groups excluding carboxylic acids is 2. The molecule has 3 aliphatic rings. The SMILES string of the molecule is C=C(NCc1ccncc1)C12CCC(CC3C(C)CCC(OC(=O)CC(C)(C)C=O)C3(C)C)C(CCC(C)C(C)C)C1[C@H](C)CC2.CC.CO. The monoisotopic (exact) mass is 697 g/mol. The van der Waals surface area contributed by atoms with Crippen molar-refractivity contribution >= 4 is 12.3 Å². The maximum absolute atomic E-state index is 13.0. The third-order valence-corrected chi connectivity index (χ3v) is 13.4. The molecule has 0 saturated heterocycles. The zero-order chi connectivity index (χ0) is 37.9. The number of allylic oxidation sites excluding steroid dienone is 1. The van der Waals surface area contributed by atoms with Gasteiger partial charge in [0.15, 0.2) is 0 Å². The highest BCUT2D eigenvalue weighted by molar-refractivity contribution is 5.75. The van der Waals surface area contributed by atoms with Gasteiger partial charge in [0.25, 0.3) is 0 Å². The molecule has 8 unspecified atom stereocenters. The maximum Gasteiger partial charge on any atom is 0.307 e. The summed E-state index contributed by atoms with van der Waals surface area (Å²) in [5.41, 5.74) is 1.87. The lowest BCUT2D eigenvalue weighted by molar-refractivity contribution is -0.168. The van der Waals surface area contributed by atoms with Crippen LogP contribution in [-0.2, 0) is 20.9 Å². The minimum Gasteiger partial charge on any atom is -0.462 e. The Bertz CT molecular complexity index is 1180. The van der Waals surface area contributed by atoms with Crippen LogP contribution in [0.4, 0.5) is 0 Å². The van der Waals surface area contributed by atoms with E-state index in [1.165, 1.54) is 56.2 Å². The molecule has 9 atom stereocenters. The smallest absolute Gasteiger partial charge is 0.307 e. The van der Waals surface area contributed by atoms with Crippen molar-refractivity contribution in [2.75, 3.05) is 7.11 Å². The Morgan fingerprint density at radius 1 is 1.06 bits per heavy atom. The number of rotatable bonds is 14. The number of aldehydes is 1. The Kier molecular flexibility index (Phi) is 17.2. The molecule has 1 aromatic rings. The molecule has 0 spiro atoms. The van der Waals surface area contributed by atoms with Crippen molar-refractivity contribution in [1.29, 1.82) is 0 Å². The van der Waals surface area contributed by atoms with Crippen molar-refractivity contribution in [3.05, 3.63) is 42.4 Å². The number of fused-ring (bicyclic) bond motifs is 1. The Morgan fingerprint density at radius 3 is 2.28 bits per heavy atom. The molecule has 1 heterocycles. The molecule has 50 heavy (non-hydrogen) atoms. The van der Waals surface area contributed by atoms with Gasteiger partial charge in [-0.3, -0.25) is 9.78 Å². The van der Waals surface area contributed by atoms with Crippen molar-refractivity contribution in [2.24, 2.45) is 63.6 Å². The Morgan fingerprint density at radius 2 is 1.68 bits per heavy atom. The van der Waals surface area contributed by atoms with E-state index < -0.39 is 5.41 Å². The zero-order valence-electron chi connectivity index (χ0n) is 34.2. The van der Waals surface area contributed by atoms with Crippen LogP contribution >= 0.6 is 0 Å². The summed E-state index contributed by atoms with van der Waals surface area (Å²) in [6.07, 6.45) is 15.4. The number of nitrogens with one attached hydrogen (secondary N) is 1. The minimum atomic E-state index is -0.688. The van der Waals surface area contributed by atoms with Gasteiger partial charge in [0.1, 0.15) is 12.4 Å². The van der Waals surface area contributed by atoms with Gasteiger partial charge in [0, 0.05) is 48.0 Å². The van der Waals surface area contributed by atoms with Crippen molar-refractivity contribution in [3.63, 3.8) is 0 Å². The standard InChI is InChI=1S/C41H66N2O3.C2H6.CH4O/c1-27(2)28(3)11-13-34-33(23-35-29(4)12-14-36(40(35,9)10)46-37(45)24-39(7,8)26-44)16-20-41(19-15-30(5)38(34)41)31(6)43-25-32-17-21-42-22-18-32;2*1-2/h17-18,21-22,26-30,33-36,38,43H,6,11-16,19-20,23-25H2,1-5,7-10H3;1-2H3;2H,1H3/t28?,29?,30-,33?,34?,35?,36?,38?,41?;;/m1../s1. The average molecular weight is 697 g/mol. The van der Waals surface area contributed by atoms with E-state index in [0.29, 0.717) is 47.3 Å². The van der Waals surface area contributed by atoms with E-state index in [1.807, 2.05) is 40.1 Å². The van der Waals surface area contributed by atoms with Crippen LogP contribution in [0.3, 0.4) is 0 Å². The number of aliphatic hydroxyl groups is 1. The third kappa shape index (κ3) is 10.7. The van der Waals surface area contributed by atoms with Gasteiger partial charge in [-0.15, -0.1) is 0 Å². The molecule has 0 radical (unpaired) electrons. The lowest BCUT2D eigenvalue weighted by atomic mass is 9.52. The summed E-state index contributed by atoms with van der Waals surface area (Å²) in [6.45, 7) is 30.1. The van der Waals surface area contributed by atoms with Crippen molar-refractivity contribution in [2.45, 2.75) is 153 Å². The molecule has 6 nitrogen and oxygen atoms in total. The van der Waals surface area contributed by atoms with E-state index in [0.717, 1.165) is 32.8 Å². The van der Waals surface area contributed by atoms with Crippen LogP contribution in [0.5, 0.6) is 0 Å². The maximum atomic E-state index is 13.0. The first kappa shape index (κ1) is 44.0. The molecule has 286 valence electrons. The predicted octanol–water partition coefficient (Wildman–Crippen LogP) is 10.4. The van der Waals surface area contributed by atoms with E-state index in [9.17, 15) is 9.59 Å². The van der Waals surface area contributed by atoms with Gasteiger partial charge in [0.2, 0.25) is 0 Å². The quantitative estimate of drug-likeness (QED) is 0.149. The number of esters is 1. The van der Waals surface area contributed by atoms with Crippen LogP contribution in [0.2, 0.25) is 0 Å². The van der Waals surface area contributed by atoms with Crippen LogP contribution in [-0.4, -0.2) is 35.6 Å². The first-order valence-corrected chi connectivity index (χ1v) is 20.0. The second kappa shape index (κ2) is 19.6. The van der Waals surface area contributed by atoms with E-state index in [1.54, 1.807) is 0 Å². The first-order valence-electron chi connectivity index (χ1n) is 20.0. The van der Waals surface area contributed by atoms with E-state index in [-0.39, 0.29) is 29.3 Å². The van der Waals surface area contributed by atoms with Crippen LogP contribution in [0.1, 0.15) is 146 Å². The summed E-state index contributed by atoms with van der Waals surface area (Å²) in [5.74, 6) is 4.93. The predicted molar refractivity (Wildman–Crippen MR) is 208 cm³/mol. The second-order valence-corrected chi connectivity index (χ2v) is 17.6. The van der Waals surface area contributed by atoms with E-state index >= 15 is 0 Å². The Labute approximate surface area is 307 Å². The summed E-state index contributed by atoms with van der Waals surface area (Å²) in [7, 11) is 1.00. The van der Waals surface area contributed by atoms with Crippen molar-refractivity contribution < 1.29 is 19.4 Å². The van der Waals surface area contributed by atoms with Crippen molar-refractivity contribution in [1.82, 2.24) is 10.3 Å². The highest BCUT2D eigenvalue weighted by atomic mass is 16.5. The molecule has 0 aliphatic heterocycles. The zero-order valence-corrected chi connectivity index (χ0v) is 34.2. The van der Waals surface area contributed by atoms with Crippen LogP contribution < -0.4 is 5.32 Å². The summed E-state index contributed by atoms with van der Waals surface area (Å²) < 4.78 is 6.22. The number of hydrogen-bond donors (Lipinski definition) is 2. The summed E-state index contributed by atoms with van der Waals surface area (Å²) in [6, 6.07) is 4.20. The molecule has 2 N–H and O–H groups in total. The van der Waals surface area contributed by atoms with E-state index in [2.05, 4.69) is 70.9 Å². The largest absolute Gasteiger partial charge is 0.462 e. The van der Waals surface area contributed by atoms with Gasteiger partial charge in [-0.25, -0.2) is 0 Å². The number of nitrogens with zero attached hydrogens (tertiary/aromatic N) is 1. The number of carbonyl (C=O) groups is 2. The average Bonchev–Trinajstić information content (AvgIpc) is 3.45. The minimum absolute atomic E-state index is 0.103. The molecule has 3 fully saturated rings. The summed E-state index contributed by atoms with van der Waals surface area (Å²) >= 11 is 0. The topological polar surface area (TPSA) is 88.5 Å². The van der Waals surface area contributed by atoms with Crippen molar-refractivity contribution in [3.8, 4) is 0 Å². The molecule has 0 amide bonds. The Balaban J connectivity index is 0.00000209. The fourth-order valence-corrected chi connectivity index (χ4v) is 9.98. The molecule has 1 aromatic heterocycles. The number of aromatic nitrogens is 1. The second-order valence-electron chi connectivity index (χ2n) is 17.6. The van der Waals surface area contributed by atoms with Gasteiger partial charge in [-0.2, -0.15) is 0 Å². The van der Waals surface area contributed by atoms with Gasteiger partial charge in [-0.05, 0) is 116 Å². The number of ether oxygens (including phenoxy) is 1. The molecule has 0 aromatic carbocycles. The molecule has 3 aliphatic carbocycles. The molecule has 0 bridgehead atoms. The molecule has 4 rings (SSSR count). The fourth-order valence-electron chi connectivity index (χ4n) is 9.98. The van der Waals surface area contributed by atoms with Gasteiger partial charge < -0.3 is 20.0 Å². The number of pyridine rings is 1. The Hall–Kier alpha value is -2.21. The van der Waals surface area contributed by atoms with E-state index in [4.69, 9.17) is 16.4 Å². The molecule has 6 heteroatoms. The molecular weight excluding hydrogens is 620 g/mol. The van der Waals surface area contributed by atoms with Crippen LogP contribution in [0.15, 0.2) is 36.8 Å². The van der Waals surface area contributed by atoms with Gasteiger partial charge >= 0.3 is 5.97 Å². The molecule has 3 saturated carbocycles. The number of hydrogen-bond acceptors (Lipinski definition) is 6. The highest BCUT2D eigenvalue weighted by Crippen LogP contribution is 2.64. The first-order chi connectivity index (χ1) is 23.6. The normalized spacial score (nSPS) is 30.8. The lowest BCUT2D eigenvalue weighted by Gasteiger charge is -2.54. The highest BCUT2D eigenvalue weighted by Gasteiger charge is 2.57. The fraction of sp³-hybridized carbons (Fsp3) is 0.795. The van der Waals surface area contributed by atoms with Crippen LogP contribution in [0, 0.1) is 63.6 Å². The van der Waals surface area contributed by atoms with Gasteiger partial charge in [-0.1, -0.05) is 89.2 Å². The number of aliphatic hydroxyl groups excluding tert-OH is 1. The third-order valence-electron chi connectivity index (χ3n) is 13.4. The van der Waals surface area contributed by atoms with Crippen LogP contribution in [0.25, 0.3) is 0 Å².